The van der Waals surface area contributed by atoms with Crippen molar-refractivity contribution in [1.82, 2.24) is 9.97 Å². The standard InChI is InChI=1S/C12H13BrN2O2/c1-6(2)9-7(3)14-11(15-12(9)16)10-8(13)4-5-17-10/h4-6H,1-3H3,(H,14,15,16). The lowest BCUT2D eigenvalue weighted by molar-refractivity contribution is 0.575. The summed E-state index contributed by atoms with van der Waals surface area (Å²) in [5.74, 6) is 1.15. The number of H-pyrrole nitrogens is 1. The fourth-order valence-electron chi connectivity index (χ4n) is 1.85. The number of aromatic nitrogens is 2. The van der Waals surface area contributed by atoms with Crippen LogP contribution < -0.4 is 5.56 Å². The highest BCUT2D eigenvalue weighted by molar-refractivity contribution is 9.10. The molecule has 17 heavy (non-hydrogen) atoms. The molecule has 1 N–H and O–H groups in total. The molecule has 2 aromatic heterocycles. The second-order valence-corrected chi connectivity index (χ2v) is 5.02. The van der Waals surface area contributed by atoms with Gasteiger partial charge in [0.2, 0.25) is 0 Å². The third-order valence-electron chi connectivity index (χ3n) is 2.56. The zero-order chi connectivity index (χ0) is 12.6. The van der Waals surface area contributed by atoms with Crippen molar-refractivity contribution in [2.75, 3.05) is 0 Å². The Morgan fingerprint density at radius 1 is 1.47 bits per heavy atom. The van der Waals surface area contributed by atoms with Gasteiger partial charge in [0, 0.05) is 11.3 Å². The second kappa shape index (κ2) is 4.49. The molecule has 0 amide bonds. The van der Waals surface area contributed by atoms with Gasteiger partial charge in [-0.2, -0.15) is 0 Å². The highest BCUT2D eigenvalue weighted by atomic mass is 79.9. The van der Waals surface area contributed by atoms with E-state index >= 15 is 0 Å². The molecule has 4 nitrogen and oxygen atoms in total. The second-order valence-electron chi connectivity index (χ2n) is 4.17. The molecular weight excluding hydrogens is 284 g/mol. The van der Waals surface area contributed by atoms with E-state index in [4.69, 9.17) is 4.42 Å². The van der Waals surface area contributed by atoms with Gasteiger partial charge in [0.05, 0.1) is 10.7 Å². The van der Waals surface area contributed by atoms with E-state index in [-0.39, 0.29) is 11.5 Å². The van der Waals surface area contributed by atoms with Crippen LogP contribution in [0.15, 0.2) is 26.0 Å². The number of halogens is 1. The monoisotopic (exact) mass is 296 g/mol. The molecule has 0 atom stereocenters. The Morgan fingerprint density at radius 2 is 2.18 bits per heavy atom. The first-order valence-electron chi connectivity index (χ1n) is 5.35. The Labute approximate surface area is 107 Å². The summed E-state index contributed by atoms with van der Waals surface area (Å²) in [5.41, 5.74) is 1.35. The maximum atomic E-state index is 12.0. The zero-order valence-corrected chi connectivity index (χ0v) is 11.5. The first kappa shape index (κ1) is 12.1. The van der Waals surface area contributed by atoms with Gasteiger partial charge in [-0.25, -0.2) is 4.98 Å². The fraction of sp³-hybridized carbons (Fsp3) is 0.333. The van der Waals surface area contributed by atoms with Crippen molar-refractivity contribution in [2.45, 2.75) is 26.7 Å². The van der Waals surface area contributed by atoms with Gasteiger partial charge in [0.1, 0.15) is 0 Å². The normalized spacial score (nSPS) is 11.1. The van der Waals surface area contributed by atoms with Gasteiger partial charge >= 0.3 is 0 Å². The zero-order valence-electron chi connectivity index (χ0n) is 9.87. The third-order valence-corrected chi connectivity index (χ3v) is 3.18. The van der Waals surface area contributed by atoms with Crippen LogP contribution in [0.3, 0.4) is 0 Å². The molecule has 0 unspecified atom stereocenters. The molecule has 2 aromatic rings. The molecule has 0 spiro atoms. The lowest BCUT2D eigenvalue weighted by Gasteiger charge is -2.08. The van der Waals surface area contributed by atoms with Crippen LogP contribution in [0.25, 0.3) is 11.6 Å². The Kier molecular flexibility index (Phi) is 3.19. The SMILES string of the molecule is Cc1nc(-c2occc2Br)[nH]c(=O)c1C(C)C. The molecule has 0 bridgehead atoms. The Bertz CT molecular complexity index is 599. The van der Waals surface area contributed by atoms with E-state index in [1.165, 1.54) is 0 Å². The van der Waals surface area contributed by atoms with Crippen LogP contribution in [-0.4, -0.2) is 9.97 Å². The van der Waals surface area contributed by atoms with Gasteiger partial charge in [-0.15, -0.1) is 0 Å². The molecule has 0 saturated heterocycles. The number of aryl methyl sites for hydroxylation is 1. The summed E-state index contributed by atoms with van der Waals surface area (Å²) < 4.78 is 6.06. The lowest BCUT2D eigenvalue weighted by Crippen LogP contribution is -2.18. The van der Waals surface area contributed by atoms with E-state index in [1.54, 1.807) is 12.3 Å². The van der Waals surface area contributed by atoms with Crippen LogP contribution in [0.2, 0.25) is 0 Å². The van der Waals surface area contributed by atoms with Crippen molar-refractivity contribution < 1.29 is 4.42 Å². The third kappa shape index (κ3) is 2.20. The van der Waals surface area contributed by atoms with Gasteiger partial charge in [-0.05, 0) is 34.8 Å². The average molecular weight is 297 g/mol. The molecule has 0 radical (unpaired) electrons. The predicted octanol–water partition coefficient (Wildman–Crippen LogP) is 3.22. The van der Waals surface area contributed by atoms with Crippen molar-refractivity contribution in [3.05, 3.63) is 38.4 Å². The first-order valence-corrected chi connectivity index (χ1v) is 6.14. The predicted molar refractivity (Wildman–Crippen MR) is 69.1 cm³/mol. The van der Waals surface area contributed by atoms with E-state index in [2.05, 4.69) is 25.9 Å². The van der Waals surface area contributed by atoms with E-state index < -0.39 is 0 Å². The molecule has 0 aromatic carbocycles. The molecule has 0 saturated carbocycles. The maximum Gasteiger partial charge on any atom is 0.254 e. The summed E-state index contributed by atoms with van der Waals surface area (Å²) in [6.45, 7) is 5.79. The number of aromatic amines is 1. The fourth-order valence-corrected chi connectivity index (χ4v) is 2.23. The quantitative estimate of drug-likeness (QED) is 0.925. The maximum absolute atomic E-state index is 12.0. The molecule has 0 aliphatic rings. The van der Waals surface area contributed by atoms with Crippen molar-refractivity contribution in [2.24, 2.45) is 0 Å². The van der Waals surface area contributed by atoms with Crippen LogP contribution >= 0.6 is 15.9 Å². The van der Waals surface area contributed by atoms with Gasteiger partial charge in [-0.3, -0.25) is 4.79 Å². The Balaban J connectivity index is 2.61. The summed E-state index contributed by atoms with van der Waals surface area (Å²) in [6.07, 6.45) is 1.55. The van der Waals surface area contributed by atoms with Gasteiger partial charge in [-0.1, -0.05) is 13.8 Å². The van der Waals surface area contributed by atoms with E-state index in [9.17, 15) is 4.79 Å². The van der Waals surface area contributed by atoms with Crippen LogP contribution in [0.5, 0.6) is 0 Å². The van der Waals surface area contributed by atoms with E-state index in [1.807, 2.05) is 20.8 Å². The minimum absolute atomic E-state index is 0.106. The number of nitrogens with zero attached hydrogens (tertiary/aromatic N) is 1. The highest BCUT2D eigenvalue weighted by Gasteiger charge is 2.15. The van der Waals surface area contributed by atoms with Gasteiger partial charge < -0.3 is 9.40 Å². The highest BCUT2D eigenvalue weighted by Crippen LogP contribution is 2.26. The van der Waals surface area contributed by atoms with Crippen LogP contribution in [0, 0.1) is 6.92 Å². The molecular formula is C12H13BrN2O2. The van der Waals surface area contributed by atoms with Crippen molar-refractivity contribution in [3.8, 4) is 11.6 Å². The number of hydrogen-bond acceptors (Lipinski definition) is 3. The van der Waals surface area contributed by atoms with Crippen molar-refractivity contribution in [3.63, 3.8) is 0 Å². The van der Waals surface area contributed by atoms with Gasteiger partial charge in [0.15, 0.2) is 11.6 Å². The van der Waals surface area contributed by atoms with Crippen LogP contribution in [0.1, 0.15) is 31.0 Å². The van der Waals surface area contributed by atoms with E-state index in [0.717, 1.165) is 15.7 Å². The lowest BCUT2D eigenvalue weighted by atomic mass is 10.0. The average Bonchev–Trinajstić information content (AvgIpc) is 2.62. The summed E-state index contributed by atoms with van der Waals surface area (Å²) in [7, 11) is 0. The largest absolute Gasteiger partial charge is 0.460 e. The summed E-state index contributed by atoms with van der Waals surface area (Å²) in [5, 5.41) is 0. The molecule has 2 rings (SSSR count). The smallest absolute Gasteiger partial charge is 0.254 e. The van der Waals surface area contributed by atoms with Crippen LogP contribution in [-0.2, 0) is 0 Å². The van der Waals surface area contributed by atoms with Crippen molar-refractivity contribution in [1.29, 1.82) is 0 Å². The number of furan rings is 1. The molecule has 0 fully saturated rings. The minimum Gasteiger partial charge on any atom is -0.460 e. The Morgan fingerprint density at radius 3 is 2.65 bits per heavy atom. The molecule has 0 aliphatic carbocycles. The number of nitrogens with one attached hydrogen (secondary N) is 1. The Hall–Kier alpha value is -1.36. The topological polar surface area (TPSA) is 58.9 Å². The number of hydrogen-bond donors (Lipinski definition) is 1. The summed E-state index contributed by atoms with van der Waals surface area (Å²) in [4.78, 5) is 19.1. The minimum atomic E-state index is -0.106. The molecule has 0 aliphatic heterocycles. The molecule has 5 heteroatoms. The van der Waals surface area contributed by atoms with Crippen molar-refractivity contribution >= 4 is 15.9 Å². The molecule has 2 heterocycles. The molecule has 90 valence electrons. The number of rotatable bonds is 2. The summed E-state index contributed by atoms with van der Waals surface area (Å²) in [6, 6.07) is 1.76. The summed E-state index contributed by atoms with van der Waals surface area (Å²) >= 11 is 3.34. The van der Waals surface area contributed by atoms with Gasteiger partial charge in [0.25, 0.3) is 5.56 Å². The van der Waals surface area contributed by atoms with Crippen LogP contribution in [0.4, 0.5) is 0 Å². The van der Waals surface area contributed by atoms with E-state index in [0.29, 0.717) is 11.6 Å². The first-order chi connectivity index (χ1) is 8.00.